The van der Waals surface area contributed by atoms with Crippen molar-refractivity contribution in [2.45, 2.75) is 0 Å². The molecule has 0 unspecified atom stereocenters. The van der Waals surface area contributed by atoms with Crippen molar-refractivity contribution in [1.82, 2.24) is 14.8 Å². The SMILES string of the molecule is O=C(O)c1nc(C(=O)O)n(-c2ccccc2)n1. The van der Waals surface area contributed by atoms with E-state index in [1.807, 2.05) is 0 Å². The zero-order chi connectivity index (χ0) is 12.4. The Balaban J connectivity index is 2.60. The van der Waals surface area contributed by atoms with E-state index in [1.165, 1.54) is 0 Å². The molecule has 0 saturated heterocycles. The van der Waals surface area contributed by atoms with Crippen LogP contribution in [0, 0.1) is 0 Å². The van der Waals surface area contributed by atoms with E-state index in [0.717, 1.165) is 4.68 Å². The zero-order valence-electron chi connectivity index (χ0n) is 8.44. The minimum absolute atomic E-state index is 0.435. The molecule has 1 heterocycles. The Hall–Kier alpha value is -2.70. The lowest BCUT2D eigenvalue weighted by molar-refractivity contribution is 0.0679. The first-order chi connectivity index (χ1) is 8.09. The van der Waals surface area contributed by atoms with Gasteiger partial charge in [0.1, 0.15) is 0 Å². The highest BCUT2D eigenvalue weighted by molar-refractivity contribution is 5.88. The molecule has 0 saturated carbocycles. The molecule has 0 aliphatic carbocycles. The van der Waals surface area contributed by atoms with Crippen molar-refractivity contribution in [1.29, 1.82) is 0 Å². The fourth-order valence-corrected chi connectivity index (χ4v) is 1.29. The number of carbonyl (C=O) groups is 2. The van der Waals surface area contributed by atoms with Crippen LogP contribution in [0.2, 0.25) is 0 Å². The van der Waals surface area contributed by atoms with Gasteiger partial charge in [0.05, 0.1) is 5.69 Å². The highest BCUT2D eigenvalue weighted by Gasteiger charge is 2.20. The molecule has 0 radical (unpaired) electrons. The maximum atomic E-state index is 10.9. The molecular weight excluding hydrogens is 226 g/mol. The number of hydrogen-bond acceptors (Lipinski definition) is 4. The summed E-state index contributed by atoms with van der Waals surface area (Å²) in [5.74, 6) is -3.70. The van der Waals surface area contributed by atoms with E-state index in [2.05, 4.69) is 10.1 Å². The van der Waals surface area contributed by atoms with Gasteiger partial charge in [-0.1, -0.05) is 18.2 Å². The van der Waals surface area contributed by atoms with Crippen LogP contribution in [0.1, 0.15) is 21.2 Å². The van der Waals surface area contributed by atoms with Gasteiger partial charge in [0.15, 0.2) is 0 Å². The van der Waals surface area contributed by atoms with Gasteiger partial charge in [0.2, 0.25) is 5.82 Å². The van der Waals surface area contributed by atoms with Gasteiger partial charge in [0.25, 0.3) is 5.82 Å². The van der Waals surface area contributed by atoms with Crippen molar-refractivity contribution in [3.63, 3.8) is 0 Å². The quantitative estimate of drug-likeness (QED) is 0.806. The Bertz CT molecular complexity index is 576. The van der Waals surface area contributed by atoms with Gasteiger partial charge in [-0.25, -0.2) is 14.3 Å². The zero-order valence-corrected chi connectivity index (χ0v) is 8.44. The van der Waals surface area contributed by atoms with E-state index in [-0.39, 0.29) is 0 Å². The molecule has 0 amide bonds. The molecule has 1 aromatic heterocycles. The first-order valence-corrected chi connectivity index (χ1v) is 4.58. The van der Waals surface area contributed by atoms with Gasteiger partial charge in [-0.3, -0.25) is 0 Å². The monoisotopic (exact) mass is 233 g/mol. The van der Waals surface area contributed by atoms with Crippen LogP contribution in [0.3, 0.4) is 0 Å². The second kappa shape index (κ2) is 4.05. The third-order valence-corrected chi connectivity index (χ3v) is 1.99. The molecule has 2 rings (SSSR count). The molecule has 17 heavy (non-hydrogen) atoms. The van der Waals surface area contributed by atoms with Crippen LogP contribution < -0.4 is 0 Å². The number of aromatic nitrogens is 3. The van der Waals surface area contributed by atoms with Crippen molar-refractivity contribution in [2.75, 3.05) is 0 Å². The van der Waals surface area contributed by atoms with Gasteiger partial charge in [-0.2, -0.15) is 4.98 Å². The number of rotatable bonds is 3. The van der Waals surface area contributed by atoms with Gasteiger partial charge >= 0.3 is 11.9 Å². The van der Waals surface area contributed by atoms with Crippen LogP contribution in [0.4, 0.5) is 0 Å². The Morgan fingerprint density at radius 2 is 1.71 bits per heavy atom. The molecule has 2 aromatic rings. The summed E-state index contributed by atoms with van der Waals surface area (Å²) in [6.07, 6.45) is 0. The second-order valence-electron chi connectivity index (χ2n) is 3.12. The number of carboxylic acid groups (broad SMARTS) is 2. The van der Waals surface area contributed by atoms with Gasteiger partial charge in [0, 0.05) is 0 Å². The Morgan fingerprint density at radius 3 is 2.24 bits per heavy atom. The molecule has 0 atom stereocenters. The van der Waals surface area contributed by atoms with E-state index < -0.39 is 23.6 Å². The van der Waals surface area contributed by atoms with Gasteiger partial charge in [-0.15, -0.1) is 5.10 Å². The number of nitrogens with zero attached hydrogens (tertiary/aromatic N) is 3. The summed E-state index contributed by atoms with van der Waals surface area (Å²) in [6, 6.07) is 8.32. The lowest BCUT2D eigenvalue weighted by atomic mass is 10.3. The van der Waals surface area contributed by atoms with Crippen LogP contribution in [0.15, 0.2) is 30.3 Å². The Morgan fingerprint density at radius 1 is 1.06 bits per heavy atom. The smallest absolute Gasteiger partial charge is 0.375 e. The minimum Gasteiger partial charge on any atom is -0.475 e. The molecule has 0 bridgehead atoms. The summed E-state index contributed by atoms with van der Waals surface area (Å²) in [5.41, 5.74) is 0.435. The van der Waals surface area contributed by atoms with E-state index in [4.69, 9.17) is 10.2 Å². The lowest BCUT2D eigenvalue weighted by Crippen LogP contribution is -2.08. The maximum Gasteiger partial charge on any atom is 0.375 e. The molecule has 7 heteroatoms. The predicted octanol–water partition coefficient (Wildman–Crippen LogP) is 0.664. The number of para-hydroxylation sites is 1. The van der Waals surface area contributed by atoms with Gasteiger partial charge in [-0.05, 0) is 12.1 Å². The molecule has 0 aliphatic rings. The van der Waals surface area contributed by atoms with Crippen LogP contribution in [0.5, 0.6) is 0 Å². The van der Waals surface area contributed by atoms with E-state index in [0.29, 0.717) is 5.69 Å². The van der Waals surface area contributed by atoms with Crippen molar-refractivity contribution in [2.24, 2.45) is 0 Å². The summed E-state index contributed by atoms with van der Waals surface area (Å²) in [7, 11) is 0. The molecule has 2 N–H and O–H groups in total. The van der Waals surface area contributed by atoms with Crippen LogP contribution in [0.25, 0.3) is 5.69 Å². The number of aromatic carboxylic acids is 2. The topological polar surface area (TPSA) is 105 Å². The second-order valence-corrected chi connectivity index (χ2v) is 3.12. The highest BCUT2D eigenvalue weighted by atomic mass is 16.4. The van der Waals surface area contributed by atoms with Crippen LogP contribution >= 0.6 is 0 Å². The maximum absolute atomic E-state index is 10.9. The molecular formula is C10H7N3O4. The van der Waals surface area contributed by atoms with Crippen molar-refractivity contribution < 1.29 is 19.8 Å². The Kier molecular flexibility index (Phi) is 2.57. The normalized spacial score (nSPS) is 10.1. The molecule has 0 fully saturated rings. The van der Waals surface area contributed by atoms with Crippen molar-refractivity contribution >= 4 is 11.9 Å². The standard InChI is InChI=1S/C10H7N3O4/c14-9(15)7-11-8(10(16)17)13(12-7)6-4-2-1-3-5-6/h1-5H,(H,14,15)(H,16,17). The first-order valence-electron chi connectivity index (χ1n) is 4.58. The fourth-order valence-electron chi connectivity index (χ4n) is 1.29. The lowest BCUT2D eigenvalue weighted by Gasteiger charge is -2.01. The molecule has 0 spiro atoms. The fraction of sp³-hybridized carbons (Fsp3) is 0. The molecule has 1 aromatic carbocycles. The molecule has 7 nitrogen and oxygen atoms in total. The third kappa shape index (κ3) is 1.98. The van der Waals surface area contributed by atoms with E-state index >= 15 is 0 Å². The molecule has 86 valence electrons. The number of benzene rings is 1. The Labute approximate surface area is 95.0 Å². The van der Waals surface area contributed by atoms with Crippen LogP contribution in [-0.2, 0) is 0 Å². The van der Waals surface area contributed by atoms with Crippen molar-refractivity contribution in [3.8, 4) is 5.69 Å². The number of carboxylic acids is 2. The van der Waals surface area contributed by atoms with E-state index in [1.54, 1.807) is 30.3 Å². The summed E-state index contributed by atoms with van der Waals surface area (Å²) in [5, 5.41) is 21.3. The largest absolute Gasteiger partial charge is 0.475 e. The highest BCUT2D eigenvalue weighted by Crippen LogP contribution is 2.09. The predicted molar refractivity (Wildman–Crippen MR) is 55.3 cm³/mol. The third-order valence-electron chi connectivity index (χ3n) is 1.99. The van der Waals surface area contributed by atoms with E-state index in [9.17, 15) is 9.59 Å². The summed E-state index contributed by atoms with van der Waals surface area (Å²) in [6.45, 7) is 0. The average molecular weight is 233 g/mol. The number of hydrogen-bond donors (Lipinski definition) is 2. The summed E-state index contributed by atoms with van der Waals surface area (Å²) >= 11 is 0. The first kappa shape index (κ1) is 10.8. The summed E-state index contributed by atoms with van der Waals surface area (Å²) < 4.78 is 0.978. The summed E-state index contributed by atoms with van der Waals surface area (Å²) in [4.78, 5) is 25.0. The molecule has 0 aliphatic heterocycles. The van der Waals surface area contributed by atoms with Crippen LogP contribution in [-0.4, -0.2) is 36.9 Å². The van der Waals surface area contributed by atoms with Gasteiger partial charge < -0.3 is 10.2 Å². The minimum atomic E-state index is -1.37. The average Bonchev–Trinajstić information content (AvgIpc) is 2.75. The van der Waals surface area contributed by atoms with Crippen molar-refractivity contribution in [3.05, 3.63) is 42.0 Å².